The van der Waals surface area contributed by atoms with Crippen molar-refractivity contribution in [2.24, 2.45) is 5.92 Å². The van der Waals surface area contributed by atoms with E-state index in [1.807, 2.05) is 6.07 Å². The second-order valence-electron chi connectivity index (χ2n) is 5.71. The molecule has 0 aromatic heterocycles. The van der Waals surface area contributed by atoms with Gasteiger partial charge < -0.3 is 0 Å². The van der Waals surface area contributed by atoms with Gasteiger partial charge in [-0.25, -0.2) is 0 Å². The summed E-state index contributed by atoms with van der Waals surface area (Å²) in [6.45, 7) is 6.95. The van der Waals surface area contributed by atoms with E-state index in [0.29, 0.717) is 21.5 Å². The molecule has 2 atom stereocenters. The number of likely N-dealkylation sites (tertiary alicyclic amines) is 1. The molecule has 1 nitrogen and oxygen atoms in total. The second kappa shape index (κ2) is 3.88. The van der Waals surface area contributed by atoms with Gasteiger partial charge in [0.05, 0.1) is 10.0 Å². The molecule has 1 aromatic rings. The lowest BCUT2D eigenvalue weighted by Crippen LogP contribution is -2.32. The molecule has 17 heavy (non-hydrogen) atoms. The van der Waals surface area contributed by atoms with Gasteiger partial charge in [0.25, 0.3) is 0 Å². The quantitative estimate of drug-likeness (QED) is 0.785. The fourth-order valence-corrected chi connectivity index (χ4v) is 3.47. The molecule has 3 heteroatoms. The summed E-state index contributed by atoms with van der Waals surface area (Å²) in [6, 6.07) is 6.79. The maximum absolute atomic E-state index is 6.13. The van der Waals surface area contributed by atoms with Gasteiger partial charge in [0.15, 0.2) is 0 Å². The first-order valence-corrected chi connectivity index (χ1v) is 6.98. The molecule has 1 aliphatic carbocycles. The monoisotopic (exact) mass is 269 g/mol. The highest BCUT2D eigenvalue weighted by Gasteiger charge is 2.60. The van der Waals surface area contributed by atoms with E-state index < -0.39 is 0 Å². The van der Waals surface area contributed by atoms with Gasteiger partial charge >= 0.3 is 0 Å². The van der Waals surface area contributed by atoms with E-state index in [1.165, 1.54) is 25.1 Å². The van der Waals surface area contributed by atoms with Gasteiger partial charge in [-0.15, -0.1) is 0 Å². The fraction of sp³-hybridized carbons (Fsp3) is 0.571. The fourth-order valence-electron chi connectivity index (χ4n) is 3.17. The van der Waals surface area contributed by atoms with Crippen molar-refractivity contribution in [1.29, 1.82) is 0 Å². The highest BCUT2D eigenvalue weighted by molar-refractivity contribution is 6.42. The average molecular weight is 270 g/mol. The molecule has 1 saturated carbocycles. The Kier molecular flexibility index (Phi) is 2.70. The molecule has 0 spiro atoms. The van der Waals surface area contributed by atoms with E-state index >= 15 is 0 Å². The summed E-state index contributed by atoms with van der Waals surface area (Å²) in [6.07, 6.45) is 1.31. The summed E-state index contributed by atoms with van der Waals surface area (Å²) < 4.78 is 0. The zero-order valence-corrected chi connectivity index (χ0v) is 11.7. The van der Waals surface area contributed by atoms with Gasteiger partial charge in [0, 0.05) is 24.5 Å². The number of rotatable bonds is 2. The standard InChI is InChI=1S/C14H17Cl2N/c1-9(2)17-7-11-6-14(11,8-17)10-3-4-12(15)13(16)5-10/h3-5,9,11H,6-8H2,1-2H3/t11-,14+/m1/s1. The van der Waals surface area contributed by atoms with E-state index in [2.05, 4.69) is 30.9 Å². The summed E-state index contributed by atoms with van der Waals surface area (Å²) in [4.78, 5) is 2.57. The van der Waals surface area contributed by atoms with Crippen LogP contribution in [0.3, 0.4) is 0 Å². The predicted molar refractivity (Wildman–Crippen MR) is 73.0 cm³/mol. The van der Waals surface area contributed by atoms with Crippen molar-refractivity contribution in [1.82, 2.24) is 4.90 Å². The molecular formula is C14H17Cl2N. The molecule has 1 aliphatic heterocycles. The van der Waals surface area contributed by atoms with Gasteiger partial charge in [-0.05, 0) is 43.9 Å². The first-order chi connectivity index (χ1) is 8.03. The maximum atomic E-state index is 6.13. The van der Waals surface area contributed by atoms with Crippen LogP contribution in [0.25, 0.3) is 0 Å². The van der Waals surface area contributed by atoms with Crippen LogP contribution in [0.2, 0.25) is 10.0 Å². The molecule has 0 amide bonds. The van der Waals surface area contributed by atoms with Crippen LogP contribution in [0.1, 0.15) is 25.8 Å². The highest BCUT2D eigenvalue weighted by atomic mass is 35.5. The summed E-state index contributed by atoms with van der Waals surface area (Å²) in [5.41, 5.74) is 1.75. The van der Waals surface area contributed by atoms with Gasteiger partial charge in [-0.3, -0.25) is 4.90 Å². The molecular weight excluding hydrogens is 253 g/mol. The Morgan fingerprint density at radius 2 is 2.06 bits per heavy atom. The summed E-state index contributed by atoms with van der Waals surface area (Å²) >= 11 is 12.1. The van der Waals surface area contributed by atoms with Gasteiger partial charge in [0.2, 0.25) is 0 Å². The third-order valence-electron chi connectivity index (χ3n) is 4.40. The normalized spacial score (nSPS) is 31.9. The number of benzene rings is 1. The Bertz CT molecular complexity index is 458. The van der Waals surface area contributed by atoms with Crippen LogP contribution < -0.4 is 0 Å². The Hall–Kier alpha value is -0.240. The van der Waals surface area contributed by atoms with Crippen LogP contribution in [0.5, 0.6) is 0 Å². The van der Waals surface area contributed by atoms with Crippen molar-refractivity contribution >= 4 is 23.2 Å². The zero-order valence-electron chi connectivity index (χ0n) is 10.2. The average Bonchev–Trinajstić information content (AvgIpc) is 2.85. The SMILES string of the molecule is CC(C)N1C[C@H]2C[C@@]2(c2ccc(Cl)c(Cl)c2)C1. The van der Waals surface area contributed by atoms with Crippen molar-refractivity contribution in [3.05, 3.63) is 33.8 Å². The molecule has 92 valence electrons. The number of hydrogen-bond donors (Lipinski definition) is 0. The minimum atomic E-state index is 0.374. The number of hydrogen-bond acceptors (Lipinski definition) is 1. The van der Waals surface area contributed by atoms with Crippen LogP contribution in [-0.2, 0) is 5.41 Å². The Morgan fingerprint density at radius 3 is 2.65 bits per heavy atom. The Morgan fingerprint density at radius 1 is 1.29 bits per heavy atom. The maximum Gasteiger partial charge on any atom is 0.0595 e. The van der Waals surface area contributed by atoms with Crippen molar-refractivity contribution in [3.63, 3.8) is 0 Å². The molecule has 0 N–H and O–H groups in total. The molecule has 1 saturated heterocycles. The number of nitrogens with zero attached hydrogens (tertiary/aromatic N) is 1. The highest BCUT2D eigenvalue weighted by Crippen LogP contribution is 2.59. The van der Waals surface area contributed by atoms with E-state index in [1.54, 1.807) is 0 Å². The minimum absolute atomic E-state index is 0.374. The van der Waals surface area contributed by atoms with Gasteiger partial charge in [0.1, 0.15) is 0 Å². The molecule has 1 heterocycles. The summed E-state index contributed by atoms with van der Waals surface area (Å²) in [5, 5.41) is 1.34. The Labute approximate surface area is 113 Å². The molecule has 2 fully saturated rings. The molecule has 0 bridgehead atoms. The number of piperidine rings is 1. The minimum Gasteiger partial charge on any atom is -0.300 e. The van der Waals surface area contributed by atoms with Crippen LogP contribution >= 0.6 is 23.2 Å². The van der Waals surface area contributed by atoms with E-state index in [-0.39, 0.29) is 0 Å². The molecule has 0 radical (unpaired) electrons. The molecule has 0 unspecified atom stereocenters. The van der Waals surface area contributed by atoms with Crippen LogP contribution in [0.4, 0.5) is 0 Å². The lowest BCUT2D eigenvalue weighted by atomic mass is 9.95. The molecule has 2 aliphatic rings. The lowest BCUT2D eigenvalue weighted by molar-refractivity contribution is 0.243. The Balaban J connectivity index is 1.88. The summed E-state index contributed by atoms with van der Waals surface area (Å²) in [5.74, 6) is 0.821. The van der Waals surface area contributed by atoms with Gasteiger partial charge in [-0.1, -0.05) is 29.3 Å². The summed E-state index contributed by atoms with van der Waals surface area (Å²) in [7, 11) is 0. The first-order valence-electron chi connectivity index (χ1n) is 6.22. The van der Waals surface area contributed by atoms with Crippen molar-refractivity contribution in [2.45, 2.75) is 31.7 Å². The van der Waals surface area contributed by atoms with Crippen molar-refractivity contribution in [3.8, 4) is 0 Å². The van der Waals surface area contributed by atoms with E-state index in [9.17, 15) is 0 Å². The van der Waals surface area contributed by atoms with Gasteiger partial charge in [-0.2, -0.15) is 0 Å². The van der Waals surface area contributed by atoms with Crippen molar-refractivity contribution < 1.29 is 0 Å². The topological polar surface area (TPSA) is 3.24 Å². The second-order valence-corrected chi connectivity index (χ2v) is 6.52. The van der Waals surface area contributed by atoms with Crippen LogP contribution in [0, 0.1) is 5.92 Å². The van der Waals surface area contributed by atoms with Crippen LogP contribution in [0.15, 0.2) is 18.2 Å². The third kappa shape index (κ3) is 1.80. The zero-order chi connectivity index (χ0) is 12.2. The lowest BCUT2D eigenvalue weighted by Gasteiger charge is -2.24. The molecule has 1 aromatic carbocycles. The van der Waals surface area contributed by atoms with Crippen LogP contribution in [-0.4, -0.2) is 24.0 Å². The molecule has 3 rings (SSSR count). The smallest absolute Gasteiger partial charge is 0.0595 e. The third-order valence-corrected chi connectivity index (χ3v) is 5.14. The van der Waals surface area contributed by atoms with Crippen molar-refractivity contribution in [2.75, 3.05) is 13.1 Å². The number of halogens is 2. The number of fused-ring (bicyclic) bond motifs is 1. The van der Waals surface area contributed by atoms with E-state index in [0.717, 1.165) is 5.92 Å². The largest absolute Gasteiger partial charge is 0.300 e. The first kappa shape index (κ1) is 11.8. The van der Waals surface area contributed by atoms with E-state index in [4.69, 9.17) is 23.2 Å². The predicted octanol–water partition coefficient (Wildman–Crippen LogP) is 3.98.